The molecule has 0 saturated heterocycles. The van der Waals surface area contributed by atoms with Crippen LogP contribution >= 0.6 is 34.0 Å². The van der Waals surface area contributed by atoms with Gasteiger partial charge in [0.1, 0.15) is 0 Å². The van der Waals surface area contributed by atoms with Crippen LogP contribution in [0.15, 0.2) is 40.8 Å². The largest absolute Gasteiger partial charge is 0.288 e. The molecular weight excluding hydrogens is 324 g/mol. The van der Waals surface area contributed by atoms with Crippen molar-refractivity contribution in [2.45, 2.75) is 0 Å². The molecule has 0 spiro atoms. The van der Waals surface area contributed by atoms with Crippen LogP contribution in [0.25, 0.3) is 0 Å². The van der Waals surface area contributed by atoms with E-state index >= 15 is 0 Å². The number of nitrogens with zero attached hydrogens (tertiary/aromatic N) is 2. The zero-order chi connectivity index (χ0) is 14.4. The topological polar surface area (TPSA) is 59.4 Å². The fourth-order valence-corrected chi connectivity index (χ4v) is 5.04. The molecule has 102 valence electrons. The van der Waals surface area contributed by atoms with Gasteiger partial charge in [0.05, 0.1) is 9.75 Å². The Bertz CT molecular complexity index is 880. The molecule has 0 amide bonds. The number of hydrogen-bond donors (Lipinski definition) is 0. The molecule has 0 radical (unpaired) electrons. The Kier molecular flexibility index (Phi) is 2.91. The van der Waals surface area contributed by atoms with Gasteiger partial charge in [-0.1, -0.05) is 24.3 Å². The maximum Gasteiger partial charge on any atom is 0.211 e. The number of carbonyl (C=O) groups is 2. The van der Waals surface area contributed by atoms with Gasteiger partial charge in [0.2, 0.25) is 16.7 Å². The second-order valence-electron chi connectivity index (χ2n) is 4.26. The number of benzene rings is 1. The third-order valence-electron chi connectivity index (χ3n) is 3.02. The summed E-state index contributed by atoms with van der Waals surface area (Å²) in [5.74, 6) is -0.191. The zero-order valence-electron chi connectivity index (χ0n) is 10.4. The molecule has 0 atom stereocenters. The highest BCUT2D eigenvalue weighted by Crippen LogP contribution is 2.31. The quantitative estimate of drug-likeness (QED) is 0.538. The van der Waals surface area contributed by atoms with Crippen LogP contribution in [0.3, 0.4) is 0 Å². The van der Waals surface area contributed by atoms with E-state index < -0.39 is 0 Å². The molecule has 3 aromatic rings. The van der Waals surface area contributed by atoms with Crippen molar-refractivity contribution >= 4 is 50.7 Å². The molecule has 21 heavy (non-hydrogen) atoms. The third-order valence-corrected chi connectivity index (χ3v) is 6.03. The van der Waals surface area contributed by atoms with Gasteiger partial charge in [-0.3, -0.25) is 9.59 Å². The molecule has 0 fully saturated rings. The molecule has 0 bridgehead atoms. The van der Waals surface area contributed by atoms with E-state index in [2.05, 4.69) is 9.98 Å². The van der Waals surface area contributed by atoms with Crippen molar-refractivity contribution in [1.29, 1.82) is 0 Å². The SMILES string of the molecule is O=C1c2ccccc2C(=O)c2sc(=Nc3nccs3)sc21. The first-order valence-electron chi connectivity index (χ1n) is 6.00. The normalized spacial score (nSPS) is 13.0. The van der Waals surface area contributed by atoms with Gasteiger partial charge in [0, 0.05) is 22.7 Å². The van der Waals surface area contributed by atoms with Crippen LogP contribution < -0.4 is 3.98 Å². The lowest BCUT2D eigenvalue weighted by Crippen LogP contribution is -2.17. The summed E-state index contributed by atoms with van der Waals surface area (Å²) >= 11 is 3.93. The monoisotopic (exact) mass is 330 g/mol. The number of hydrogen-bond acceptors (Lipinski definition) is 7. The van der Waals surface area contributed by atoms with Crippen molar-refractivity contribution in [3.63, 3.8) is 0 Å². The molecule has 0 saturated carbocycles. The second-order valence-corrected chi connectivity index (χ2v) is 7.39. The van der Waals surface area contributed by atoms with Gasteiger partial charge in [-0.25, -0.2) is 4.98 Å². The number of rotatable bonds is 1. The Morgan fingerprint density at radius 1 is 0.952 bits per heavy atom. The van der Waals surface area contributed by atoms with E-state index in [0.29, 0.717) is 30.0 Å². The molecule has 2 heterocycles. The summed E-state index contributed by atoms with van der Waals surface area (Å²) < 4.78 is 0.671. The lowest BCUT2D eigenvalue weighted by atomic mass is 9.93. The first-order chi connectivity index (χ1) is 10.2. The number of carbonyl (C=O) groups excluding carboxylic acids is 2. The van der Waals surface area contributed by atoms with Crippen LogP contribution in [-0.4, -0.2) is 16.6 Å². The minimum Gasteiger partial charge on any atom is -0.288 e. The Hall–Kier alpha value is -1.96. The minimum atomic E-state index is -0.0953. The van der Waals surface area contributed by atoms with E-state index in [-0.39, 0.29) is 11.6 Å². The predicted octanol–water partition coefficient (Wildman–Crippen LogP) is 3.27. The number of ketones is 2. The van der Waals surface area contributed by atoms with Gasteiger partial charge < -0.3 is 0 Å². The van der Waals surface area contributed by atoms with Gasteiger partial charge in [-0.15, -0.1) is 34.0 Å². The van der Waals surface area contributed by atoms with Crippen molar-refractivity contribution in [1.82, 2.24) is 4.98 Å². The Labute approximate surface area is 131 Å². The molecule has 0 N–H and O–H groups in total. The zero-order valence-corrected chi connectivity index (χ0v) is 12.8. The molecule has 0 unspecified atom stereocenters. The minimum absolute atomic E-state index is 0.0953. The Morgan fingerprint density at radius 2 is 1.57 bits per heavy atom. The third kappa shape index (κ3) is 2.01. The Balaban J connectivity index is 1.92. The van der Waals surface area contributed by atoms with Gasteiger partial charge in [0.15, 0.2) is 3.98 Å². The van der Waals surface area contributed by atoms with Crippen molar-refractivity contribution < 1.29 is 9.59 Å². The van der Waals surface area contributed by atoms with Gasteiger partial charge in [0.25, 0.3) is 0 Å². The smallest absolute Gasteiger partial charge is 0.211 e. The van der Waals surface area contributed by atoms with E-state index in [0.717, 1.165) is 0 Å². The van der Waals surface area contributed by atoms with Crippen LogP contribution in [0, 0.1) is 0 Å². The number of aromatic nitrogens is 1. The predicted molar refractivity (Wildman–Crippen MR) is 82.8 cm³/mol. The maximum atomic E-state index is 12.5. The summed E-state index contributed by atoms with van der Waals surface area (Å²) in [4.78, 5) is 34.4. The van der Waals surface area contributed by atoms with Gasteiger partial charge in [-0.05, 0) is 0 Å². The van der Waals surface area contributed by atoms with Crippen LogP contribution in [0.5, 0.6) is 0 Å². The van der Waals surface area contributed by atoms with E-state index in [1.807, 2.05) is 5.38 Å². The average molecular weight is 330 g/mol. The number of fused-ring (bicyclic) bond motifs is 2. The van der Waals surface area contributed by atoms with E-state index in [1.165, 1.54) is 34.0 Å². The molecule has 4 rings (SSSR count). The highest BCUT2D eigenvalue weighted by Gasteiger charge is 2.31. The first kappa shape index (κ1) is 12.8. The van der Waals surface area contributed by atoms with E-state index in [1.54, 1.807) is 30.5 Å². The van der Waals surface area contributed by atoms with Crippen molar-refractivity contribution in [2.75, 3.05) is 0 Å². The van der Waals surface area contributed by atoms with E-state index in [4.69, 9.17) is 0 Å². The van der Waals surface area contributed by atoms with Crippen LogP contribution in [0.4, 0.5) is 5.13 Å². The summed E-state index contributed by atoms with van der Waals surface area (Å²) in [6.07, 6.45) is 1.67. The summed E-state index contributed by atoms with van der Waals surface area (Å²) in [7, 11) is 0. The number of thiazole rings is 1. The summed E-state index contributed by atoms with van der Waals surface area (Å²) in [5, 5.41) is 2.46. The maximum absolute atomic E-state index is 12.5. The van der Waals surface area contributed by atoms with Crippen molar-refractivity contribution in [3.8, 4) is 0 Å². The highest BCUT2D eigenvalue weighted by molar-refractivity contribution is 7.30. The average Bonchev–Trinajstić information content (AvgIpc) is 3.15. The molecular formula is C14H6N2O2S3. The van der Waals surface area contributed by atoms with Crippen molar-refractivity contribution in [2.24, 2.45) is 4.99 Å². The summed E-state index contributed by atoms with van der Waals surface area (Å²) in [5.41, 5.74) is 0.953. The molecule has 1 aromatic carbocycles. The van der Waals surface area contributed by atoms with Crippen LogP contribution in [0.2, 0.25) is 0 Å². The highest BCUT2D eigenvalue weighted by atomic mass is 32.2. The summed E-state index contributed by atoms with van der Waals surface area (Å²) in [6, 6.07) is 6.93. The van der Waals surface area contributed by atoms with E-state index in [9.17, 15) is 9.59 Å². The fourth-order valence-electron chi connectivity index (χ4n) is 2.11. The lowest BCUT2D eigenvalue weighted by Gasteiger charge is -2.12. The molecule has 1 aliphatic rings. The van der Waals surface area contributed by atoms with Crippen LogP contribution in [-0.2, 0) is 0 Å². The standard InChI is InChI=1S/C14H6N2O2S3/c17-9-7-3-1-2-4-8(7)10(18)12-11(9)20-14(21-12)16-13-15-5-6-19-13/h1-6H. The van der Waals surface area contributed by atoms with Gasteiger partial charge >= 0.3 is 0 Å². The molecule has 0 aliphatic heterocycles. The molecule has 1 aliphatic carbocycles. The van der Waals surface area contributed by atoms with Gasteiger partial charge in [-0.2, -0.15) is 4.99 Å². The van der Waals surface area contributed by atoms with Crippen molar-refractivity contribution in [3.05, 3.63) is 60.7 Å². The molecule has 4 nitrogen and oxygen atoms in total. The summed E-state index contributed by atoms with van der Waals surface area (Å²) in [6.45, 7) is 0. The second kappa shape index (κ2) is 4.80. The molecule has 2 aromatic heterocycles. The first-order valence-corrected chi connectivity index (χ1v) is 8.52. The lowest BCUT2D eigenvalue weighted by molar-refractivity contribution is 0.0985. The Morgan fingerprint density at radius 3 is 2.10 bits per heavy atom. The van der Waals surface area contributed by atoms with Crippen LogP contribution in [0.1, 0.15) is 30.5 Å². The fraction of sp³-hybridized carbons (Fsp3) is 0. The molecule has 7 heteroatoms.